The summed E-state index contributed by atoms with van der Waals surface area (Å²) in [4.78, 5) is 16.9. The summed E-state index contributed by atoms with van der Waals surface area (Å²) in [6.07, 6.45) is 2.45. The molecule has 2 rings (SSSR count). The van der Waals surface area contributed by atoms with E-state index in [0.29, 0.717) is 18.4 Å². The van der Waals surface area contributed by atoms with Gasteiger partial charge < -0.3 is 10.0 Å². The molecule has 3 atom stereocenters. The zero-order chi connectivity index (χ0) is 14.2. The van der Waals surface area contributed by atoms with Crippen LogP contribution in [0.25, 0.3) is 0 Å². The van der Waals surface area contributed by atoms with Crippen LogP contribution in [0.3, 0.4) is 0 Å². The average molecular weight is 266 g/mol. The van der Waals surface area contributed by atoms with E-state index in [2.05, 4.69) is 18.8 Å². The topological polar surface area (TPSA) is 53.4 Å². The van der Waals surface area contributed by atoms with Gasteiger partial charge in [0, 0.05) is 18.8 Å². The molecule has 4 nitrogen and oxygen atoms in total. The predicted molar refractivity (Wildman–Crippen MR) is 70.9 cm³/mol. The molecule has 2 heterocycles. The smallest absolute Gasteiger partial charge is 0.338 e. The Morgan fingerprint density at radius 3 is 2.79 bits per heavy atom. The van der Waals surface area contributed by atoms with E-state index in [-0.39, 0.29) is 17.4 Å². The van der Waals surface area contributed by atoms with E-state index in [1.807, 2.05) is 11.8 Å². The summed E-state index contributed by atoms with van der Waals surface area (Å²) in [5.74, 6) is -0.958. The zero-order valence-electron chi connectivity index (χ0n) is 11.4. The molecule has 0 saturated carbocycles. The molecule has 5 heteroatoms. The number of halogens is 1. The highest BCUT2D eigenvalue weighted by atomic mass is 19.1. The highest BCUT2D eigenvalue weighted by molar-refractivity contribution is 5.88. The van der Waals surface area contributed by atoms with Crippen molar-refractivity contribution in [3.63, 3.8) is 0 Å². The van der Waals surface area contributed by atoms with Crippen molar-refractivity contribution in [2.45, 2.75) is 33.2 Å². The fourth-order valence-corrected chi connectivity index (χ4v) is 2.79. The number of carbonyl (C=O) groups is 1. The largest absolute Gasteiger partial charge is 0.478 e. The Bertz CT molecular complexity index is 492. The molecule has 1 N–H and O–H groups in total. The molecule has 104 valence electrons. The Kier molecular flexibility index (Phi) is 3.73. The van der Waals surface area contributed by atoms with Crippen LogP contribution in [0.15, 0.2) is 12.3 Å². The standard InChI is InChI=1S/C14H19FN2O2/c1-8-6-9(2)10(3)17(7-8)13-12(15)11(14(18)19)4-5-16-13/h4-5,8-10H,6-7H2,1-3H3,(H,18,19). The highest BCUT2D eigenvalue weighted by Crippen LogP contribution is 2.32. The van der Waals surface area contributed by atoms with Crippen LogP contribution in [0, 0.1) is 17.7 Å². The summed E-state index contributed by atoms with van der Waals surface area (Å²) in [5, 5.41) is 8.97. The summed E-state index contributed by atoms with van der Waals surface area (Å²) in [7, 11) is 0. The second-order valence-corrected chi connectivity index (χ2v) is 5.51. The van der Waals surface area contributed by atoms with Crippen molar-refractivity contribution in [2.75, 3.05) is 11.4 Å². The van der Waals surface area contributed by atoms with Crippen LogP contribution in [0.2, 0.25) is 0 Å². The van der Waals surface area contributed by atoms with Gasteiger partial charge in [-0.3, -0.25) is 0 Å². The quantitative estimate of drug-likeness (QED) is 0.894. The van der Waals surface area contributed by atoms with Gasteiger partial charge in [-0.25, -0.2) is 14.2 Å². The van der Waals surface area contributed by atoms with Crippen molar-refractivity contribution in [1.82, 2.24) is 4.98 Å². The fraction of sp³-hybridized carbons (Fsp3) is 0.571. The minimum Gasteiger partial charge on any atom is -0.478 e. The summed E-state index contributed by atoms with van der Waals surface area (Å²) < 4.78 is 14.3. The zero-order valence-corrected chi connectivity index (χ0v) is 11.4. The molecule has 0 radical (unpaired) electrons. The van der Waals surface area contributed by atoms with Crippen LogP contribution in [-0.2, 0) is 0 Å². The number of aromatic carboxylic acids is 1. The first-order valence-corrected chi connectivity index (χ1v) is 6.56. The lowest BCUT2D eigenvalue weighted by Crippen LogP contribution is -2.46. The maximum atomic E-state index is 14.3. The number of pyridine rings is 1. The van der Waals surface area contributed by atoms with Gasteiger partial charge in [0.05, 0.1) is 0 Å². The minimum atomic E-state index is -1.26. The number of rotatable bonds is 2. The first-order chi connectivity index (χ1) is 8.91. The van der Waals surface area contributed by atoms with E-state index in [0.717, 1.165) is 6.42 Å². The number of piperidine rings is 1. The van der Waals surface area contributed by atoms with Gasteiger partial charge in [-0.05, 0) is 31.2 Å². The molecule has 0 bridgehead atoms. The van der Waals surface area contributed by atoms with Crippen molar-refractivity contribution in [1.29, 1.82) is 0 Å². The van der Waals surface area contributed by atoms with Crippen LogP contribution >= 0.6 is 0 Å². The molecular weight excluding hydrogens is 247 g/mol. The van der Waals surface area contributed by atoms with Crippen molar-refractivity contribution in [3.05, 3.63) is 23.6 Å². The van der Waals surface area contributed by atoms with Gasteiger partial charge in [-0.1, -0.05) is 13.8 Å². The van der Waals surface area contributed by atoms with Crippen LogP contribution in [-0.4, -0.2) is 28.6 Å². The molecule has 1 aromatic rings. The number of aromatic nitrogens is 1. The van der Waals surface area contributed by atoms with E-state index in [9.17, 15) is 9.18 Å². The molecule has 1 aromatic heterocycles. The maximum Gasteiger partial charge on any atom is 0.338 e. The molecule has 1 aliphatic heterocycles. The fourth-order valence-electron chi connectivity index (χ4n) is 2.79. The summed E-state index contributed by atoms with van der Waals surface area (Å²) in [6.45, 7) is 6.99. The van der Waals surface area contributed by atoms with E-state index in [1.165, 1.54) is 12.3 Å². The minimum absolute atomic E-state index is 0.155. The summed E-state index contributed by atoms with van der Waals surface area (Å²) >= 11 is 0. The summed E-state index contributed by atoms with van der Waals surface area (Å²) in [5.41, 5.74) is -0.317. The van der Waals surface area contributed by atoms with E-state index in [4.69, 9.17) is 5.11 Å². The van der Waals surface area contributed by atoms with Gasteiger partial charge in [0.15, 0.2) is 11.6 Å². The molecule has 1 saturated heterocycles. The Morgan fingerprint density at radius 2 is 2.16 bits per heavy atom. The Hall–Kier alpha value is -1.65. The molecule has 0 amide bonds. The number of anilines is 1. The Morgan fingerprint density at radius 1 is 1.47 bits per heavy atom. The van der Waals surface area contributed by atoms with Gasteiger partial charge in [-0.15, -0.1) is 0 Å². The lowest BCUT2D eigenvalue weighted by atomic mass is 9.86. The SMILES string of the molecule is CC1CC(C)C(C)N(c2nccc(C(=O)O)c2F)C1. The first kappa shape index (κ1) is 13.8. The predicted octanol–water partition coefficient (Wildman–Crippen LogP) is 2.79. The van der Waals surface area contributed by atoms with E-state index < -0.39 is 11.8 Å². The van der Waals surface area contributed by atoms with Crippen LogP contribution in [0.1, 0.15) is 37.6 Å². The van der Waals surface area contributed by atoms with E-state index in [1.54, 1.807) is 0 Å². The number of hydrogen-bond acceptors (Lipinski definition) is 3. The molecular formula is C14H19FN2O2. The third-order valence-corrected chi connectivity index (χ3v) is 3.97. The van der Waals surface area contributed by atoms with Crippen LogP contribution < -0.4 is 4.90 Å². The van der Waals surface area contributed by atoms with E-state index >= 15 is 0 Å². The number of carboxylic acid groups (broad SMARTS) is 1. The number of hydrogen-bond donors (Lipinski definition) is 1. The number of carboxylic acids is 1. The second-order valence-electron chi connectivity index (χ2n) is 5.51. The van der Waals surface area contributed by atoms with Crippen molar-refractivity contribution < 1.29 is 14.3 Å². The van der Waals surface area contributed by atoms with Gasteiger partial charge in [0.2, 0.25) is 0 Å². The average Bonchev–Trinajstić information content (AvgIpc) is 2.34. The van der Waals surface area contributed by atoms with Crippen molar-refractivity contribution in [3.8, 4) is 0 Å². The molecule has 19 heavy (non-hydrogen) atoms. The van der Waals surface area contributed by atoms with Crippen molar-refractivity contribution >= 4 is 11.8 Å². The third-order valence-electron chi connectivity index (χ3n) is 3.97. The Balaban J connectivity index is 2.40. The first-order valence-electron chi connectivity index (χ1n) is 6.56. The van der Waals surface area contributed by atoms with Crippen LogP contribution in [0.4, 0.5) is 10.2 Å². The van der Waals surface area contributed by atoms with Gasteiger partial charge in [0.25, 0.3) is 0 Å². The highest BCUT2D eigenvalue weighted by Gasteiger charge is 2.32. The Labute approximate surface area is 112 Å². The lowest BCUT2D eigenvalue weighted by molar-refractivity contribution is 0.0691. The molecule has 0 aliphatic carbocycles. The molecule has 0 aromatic carbocycles. The molecule has 1 aliphatic rings. The molecule has 0 spiro atoms. The second kappa shape index (κ2) is 5.15. The van der Waals surface area contributed by atoms with Gasteiger partial charge >= 0.3 is 5.97 Å². The third kappa shape index (κ3) is 2.55. The van der Waals surface area contributed by atoms with Gasteiger partial charge in [-0.2, -0.15) is 0 Å². The lowest BCUT2D eigenvalue weighted by Gasteiger charge is -2.42. The van der Waals surface area contributed by atoms with Crippen LogP contribution in [0.5, 0.6) is 0 Å². The molecule has 3 unspecified atom stereocenters. The van der Waals surface area contributed by atoms with Crippen molar-refractivity contribution in [2.24, 2.45) is 11.8 Å². The normalized spacial score (nSPS) is 27.4. The van der Waals surface area contributed by atoms with Gasteiger partial charge in [0.1, 0.15) is 5.56 Å². The monoisotopic (exact) mass is 266 g/mol. The molecule has 1 fully saturated rings. The number of nitrogens with zero attached hydrogens (tertiary/aromatic N) is 2. The summed E-state index contributed by atoms with van der Waals surface area (Å²) in [6, 6.07) is 1.35. The maximum absolute atomic E-state index is 14.3.